The highest BCUT2D eigenvalue weighted by molar-refractivity contribution is 5.49. The first-order valence-electron chi connectivity index (χ1n) is 7.23. The van der Waals surface area contributed by atoms with Crippen LogP contribution in [0.3, 0.4) is 0 Å². The van der Waals surface area contributed by atoms with Gasteiger partial charge < -0.3 is 5.11 Å². The molecule has 19 heavy (non-hydrogen) atoms. The van der Waals surface area contributed by atoms with Crippen LogP contribution in [0, 0.1) is 11.3 Å². The van der Waals surface area contributed by atoms with Crippen molar-refractivity contribution in [2.75, 3.05) is 0 Å². The normalized spacial score (nSPS) is 20.5. The highest BCUT2D eigenvalue weighted by Gasteiger charge is 2.28. The summed E-state index contributed by atoms with van der Waals surface area (Å²) < 4.78 is 1.71. The van der Waals surface area contributed by atoms with Crippen molar-refractivity contribution in [3.05, 3.63) is 18.7 Å². The predicted molar refractivity (Wildman–Crippen MR) is 76.3 cm³/mol. The van der Waals surface area contributed by atoms with Gasteiger partial charge in [0, 0.05) is 0 Å². The Labute approximate surface area is 115 Å². The SMILES string of the molecule is CC(C)(C)[C@@H](O)/C(=C\C1CCCCC1)n1cncn1. The Morgan fingerprint density at radius 1 is 1.32 bits per heavy atom. The molecule has 4 nitrogen and oxygen atoms in total. The van der Waals surface area contributed by atoms with Gasteiger partial charge in [-0.05, 0) is 24.2 Å². The summed E-state index contributed by atoms with van der Waals surface area (Å²) in [5.74, 6) is 0.560. The van der Waals surface area contributed by atoms with Crippen molar-refractivity contribution >= 4 is 5.70 Å². The lowest BCUT2D eigenvalue weighted by atomic mass is 9.83. The minimum atomic E-state index is -0.531. The van der Waals surface area contributed by atoms with E-state index in [1.54, 1.807) is 11.0 Å². The molecule has 1 aromatic rings. The Hall–Kier alpha value is -1.16. The van der Waals surface area contributed by atoms with Crippen molar-refractivity contribution < 1.29 is 5.11 Å². The molecule has 1 atom stereocenters. The molecule has 0 spiro atoms. The van der Waals surface area contributed by atoms with Crippen LogP contribution in [0.15, 0.2) is 18.7 Å². The summed E-state index contributed by atoms with van der Waals surface area (Å²) in [5.41, 5.74) is 0.670. The lowest BCUT2D eigenvalue weighted by molar-refractivity contribution is 0.108. The number of aliphatic hydroxyl groups excluding tert-OH is 1. The van der Waals surface area contributed by atoms with Crippen molar-refractivity contribution in [2.24, 2.45) is 11.3 Å². The van der Waals surface area contributed by atoms with E-state index in [-0.39, 0.29) is 5.41 Å². The summed E-state index contributed by atoms with van der Waals surface area (Å²) in [6, 6.07) is 0. The number of hydrogen-bond acceptors (Lipinski definition) is 3. The summed E-state index contributed by atoms with van der Waals surface area (Å²) in [7, 11) is 0. The zero-order chi connectivity index (χ0) is 13.9. The lowest BCUT2D eigenvalue weighted by Crippen LogP contribution is -2.30. The predicted octanol–water partition coefficient (Wildman–Crippen LogP) is 3.11. The summed E-state index contributed by atoms with van der Waals surface area (Å²) >= 11 is 0. The van der Waals surface area contributed by atoms with Crippen LogP contribution in [-0.4, -0.2) is 26.0 Å². The highest BCUT2D eigenvalue weighted by Crippen LogP contribution is 2.31. The molecule has 0 aliphatic heterocycles. The van der Waals surface area contributed by atoms with Gasteiger partial charge in [0.15, 0.2) is 0 Å². The van der Waals surface area contributed by atoms with E-state index >= 15 is 0 Å². The van der Waals surface area contributed by atoms with Gasteiger partial charge in [-0.2, -0.15) is 5.10 Å². The van der Waals surface area contributed by atoms with Crippen molar-refractivity contribution in [2.45, 2.75) is 59.0 Å². The third kappa shape index (κ3) is 3.66. The van der Waals surface area contributed by atoms with Crippen LogP contribution in [0.2, 0.25) is 0 Å². The number of aromatic nitrogens is 3. The second-order valence-corrected chi connectivity index (χ2v) is 6.60. The molecule has 4 heteroatoms. The van der Waals surface area contributed by atoms with Gasteiger partial charge in [0.05, 0.1) is 5.70 Å². The first kappa shape index (κ1) is 14.3. The Balaban J connectivity index is 2.26. The van der Waals surface area contributed by atoms with Crippen LogP contribution in [0.1, 0.15) is 52.9 Å². The Morgan fingerprint density at radius 2 is 2.00 bits per heavy atom. The van der Waals surface area contributed by atoms with Crippen LogP contribution in [0.5, 0.6) is 0 Å². The molecular weight excluding hydrogens is 238 g/mol. The van der Waals surface area contributed by atoms with E-state index < -0.39 is 6.10 Å². The van der Waals surface area contributed by atoms with Gasteiger partial charge in [-0.3, -0.25) is 0 Å². The number of hydrogen-bond donors (Lipinski definition) is 1. The zero-order valence-electron chi connectivity index (χ0n) is 12.2. The minimum absolute atomic E-state index is 0.202. The molecule has 1 aromatic heterocycles. The number of allylic oxidation sites excluding steroid dienone is 1. The molecule has 106 valence electrons. The maximum Gasteiger partial charge on any atom is 0.138 e. The van der Waals surface area contributed by atoms with Gasteiger partial charge in [-0.15, -0.1) is 0 Å². The molecule has 1 N–H and O–H groups in total. The van der Waals surface area contributed by atoms with Crippen LogP contribution in [0.25, 0.3) is 5.70 Å². The van der Waals surface area contributed by atoms with Crippen LogP contribution >= 0.6 is 0 Å². The number of aliphatic hydroxyl groups is 1. The van der Waals surface area contributed by atoms with E-state index in [0.29, 0.717) is 5.92 Å². The van der Waals surface area contributed by atoms with E-state index in [1.807, 2.05) is 20.8 Å². The monoisotopic (exact) mass is 263 g/mol. The summed E-state index contributed by atoms with van der Waals surface area (Å²) in [6.45, 7) is 6.13. The van der Waals surface area contributed by atoms with Gasteiger partial charge in [-0.1, -0.05) is 46.1 Å². The van der Waals surface area contributed by atoms with Gasteiger partial charge in [-0.25, -0.2) is 9.67 Å². The van der Waals surface area contributed by atoms with E-state index in [1.165, 1.54) is 38.4 Å². The topological polar surface area (TPSA) is 50.9 Å². The zero-order valence-corrected chi connectivity index (χ0v) is 12.2. The summed E-state index contributed by atoms with van der Waals surface area (Å²) in [6.07, 6.45) is 11.2. The molecular formula is C15H25N3O. The molecule has 0 aromatic carbocycles. The number of rotatable bonds is 3. The first-order chi connectivity index (χ1) is 8.98. The van der Waals surface area contributed by atoms with E-state index in [9.17, 15) is 5.11 Å². The van der Waals surface area contributed by atoms with E-state index in [0.717, 1.165) is 5.70 Å². The molecule has 0 radical (unpaired) electrons. The van der Waals surface area contributed by atoms with Crippen molar-refractivity contribution in [1.82, 2.24) is 14.8 Å². The highest BCUT2D eigenvalue weighted by atomic mass is 16.3. The molecule has 2 rings (SSSR count). The van der Waals surface area contributed by atoms with Crippen LogP contribution in [0.4, 0.5) is 0 Å². The van der Waals surface area contributed by atoms with E-state index in [2.05, 4.69) is 16.2 Å². The molecule has 1 saturated carbocycles. The van der Waals surface area contributed by atoms with Crippen LogP contribution in [-0.2, 0) is 0 Å². The molecule has 1 aliphatic rings. The molecule has 0 unspecified atom stereocenters. The maximum atomic E-state index is 10.6. The second kappa shape index (κ2) is 5.87. The summed E-state index contributed by atoms with van der Waals surface area (Å²) in [5, 5.41) is 14.8. The van der Waals surface area contributed by atoms with Crippen molar-refractivity contribution in [3.63, 3.8) is 0 Å². The smallest absolute Gasteiger partial charge is 0.138 e. The third-order valence-electron chi connectivity index (χ3n) is 3.84. The fourth-order valence-corrected chi connectivity index (χ4v) is 2.62. The van der Waals surface area contributed by atoms with Gasteiger partial charge in [0.1, 0.15) is 18.8 Å². The van der Waals surface area contributed by atoms with Gasteiger partial charge in [0.2, 0.25) is 0 Å². The molecule has 0 bridgehead atoms. The molecule has 0 saturated heterocycles. The Morgan fingerprint density at radius 3 is 2.53 bits per heavy atom. The largest absolute Gasteiger partial charge is 0.386 e. The number of nitrogens with zero attached hydrogens (tertiary/aromatic N) is 3. The van der Waals surface area contributed by atoms with Crippen molar-refractivity contribution in [3.8, 4) is 0 Å². The molecule has 1 heterocycles. The van der Waals surface area contributed by atoms with Gasteiger partial charge >= 0.3 is 0 Å². The lowest BCUT2D eigenvalue weighted by Gasteiger charge is -2.29. The fourth-order valence-electron chi connectivity index (χ4n) is 2.62. The van der Waals surface area contributed by atoms with Crippen molar-refractivity contribution in [1.29, 1.82) is 0 Å². The fraction of sp³-hybridized carbons (Fsp3) is 0.733. The molecule has 1 aliphatic carbocycles. The quantitative estimate of drug-likeness (QED) is 0.911. The van der Waals surface area contributed by atoms with Crippen LogP contribution < -0.4 is 0 Å². The first-order valence-corrected chi connectivity index (χ1v) is 7.23. The standard InChI is InChI=1S/C15H25N3O/c1-15(2,3)14(19)13(18-11-16-10-17-18)9-12-7-5-4-6-8-12/h9-12,14,19H,4-8H2,1-3H3/b13-9+/t14-/m0/s1. The molecule has 0 amide bonds. The maximum absolute atomic E-state index is 10.6. The Bertz CT molecular complexity index is 411. The minimum Gasteiger partial charge on any atom is -0.386 e. The average Bonchev–Trinajstić information content (AvgIpc) is 2.89. The molecule has 1 fully saturated rings. The van der Waals surface area contributed by atoms with E-state index in [4.69, 9.17) is 0 Å². The third-order valence-corrected chi connectivity index (χ3v) is 3.84. The van der Waals surface area contributed by atoms with Gasteiger partial charge in [0.25, 0.3) is 0 Å². The second-order valence-electron chi connectivity index (χ2n) is 6.60. The average molecular weight is 263 g/mol. The Kier molecular flexibility index (Phi) is 4.40. The summed E-state index contributed by atoms with van der Waals surface area (Å²) in [4.78, 5) is 4.00.